The third-order valence-corrected chi connectivity index (χ3v) is 3.82. The number of benzene rings is 1. The van der Waals surface area contributed by atoms with Crippen LogP contribution in [0.5, 0.6) is 5.75 Å². The molecule has 0 heterocycles. The minimum absolute atomic E-state index is 0.830. The monoisotopic (exact) mass is 233 g/mol. The summed E-state index contributed by atoms with van der Waals surface area (Å²) >= 11 is 0. The number of anilines is 1. The fourth-order valence-corrected chi connectivity index (χ4v) is 2.58. The van der Waals surface area contributed by atoms with E-state index < -0.39 is 0 Å². The highest BCUT2D eigenvalue weighted by molar-refractivity contribution is 5.56. The number of hydrogen-bond acceptors (Lipinski definition) is 2. The van der Waals surface area contributed by atoms with Crippen molar-refractivity contribution in [3.8, 4) is 5.75 Å². The molecule has 0 atom stereocenters. The Morgan fingerprint density at radius 1 is 1.18 bits per heavy atom. The lowest BCUT2D eigenvalue weighted by Crippen LogP contribution is -2.20. The van der Waals surface area contributed by atoms with Crippen molar-refractivity contribution in [2.45, 2.75) is 32.6 Å². The van der Waals surface area contributed by atoms with Crippen molar-refractivity contribution in [3.63, 3.8) is 0 Å². The minimum Gasteiger partial charge on any atom is -0.495 e. The van der Waals surface area contributed by atoms with Crippen LogP contribution in [0.15, 0.2) is 24.3 Å². The average molecular weight is 233 g/mol. The largest absolute Gasteiger partial charge is 0.495 e. The van der Waals surface area contributed by atoms with E-state index in [0.29, 0.717) is 0 Å². The van der Waals surface area contributed by atoms with Crippen LogP contribution in [0.1, 0.15) is 32.6 Å². The Hall–Kier alpha value is -1.18. The van der Waals surface area contributed by atoms with Gasteiger partial charge in [-0.15, -0.1) is 0 Å². The van der Waals surface area contributed by atoms with Gasteiger partial charge in [0.2, 0.25) is 0 Å². The zero-order valence-corrected chi connectivity index (χ0v) is 10.9. The first-order chi connectivity index (χ1) is 8.29. The van der Waals surface area contributed by atoms with Crippen molar-refractivity contribution in [1.29, 1.82) is 0 Å². The summed E-state index contributed by atoms with van der Waals surface area (Å²) in [7, 11) is 1.73. The summed E-state index contributed by atoms with van der Waals surface area (Å²) in [6.07, 6.45) is 5.50. The van der Waals surface area contributed by atoms with E-state index in [0.717, 1.165) is 29.8 Å². The summed E-state index contributed by atoms with van der Waals surface area (Å²) in [5, 5.41) is 3.52. The Kier molecular flexibility index (Phi) is 4.29. The molecular formula is C15H23NO. The van der Waals surface area contributed by atoms with Gasteiger partial charge >= 0.3 is 0 Å². The van der Waals surface area contributed by atoms with E-state index in [1.807, 2.05) is 18.2 Å². The summed E-state index contributed by atoms with van der Waals surface area (Å²) in [5.41, 5.74) is 1.12. The molecule has 0 amide bonds. The molecule has 0 radical (unpaired) electrons. The first-order valence-corrected chi connectivity index (χ1v) is 6.66. The standard InChI is InChI=1S/C15H23NO/c1-12-7-9-13(10-8-12)11-16-14-5-3-4-6-15(14)17-2/h3-6,12-13,16H,7-11H2,1-2H3. The first kappa shape index (κ1) is 12.3. The molecule has 1 aliphatic carbocycles. The molecule has 0 saturated heterocycles. The summed E-state index contributed by atoms with van der Waals surface area (Å²) in [4.78, 5) is 0. The van der Waals surface area contributed by atoms with Crippen LogP contribution in [0.25, 0.3) is 0 Å². The van der Waals surface area contributed by atoms with E-state index in [1.165, 1.54) is 25.7 Å². The molecule has 1 aliphatic rings. The van der Waals surface area contributed by atoms with Gasteiger partial charge < -0.3 is 10.1 Å². The molecule has 1 saturated carbocycles. The summed E-state index contributed by atoms with van der Waals surface area (Å²) in [6, 6.07) is 8.15. The van der Waals surface area contributed by atoms with E-state index >= 15 is 0 Å². The van der Waals surface area contributed by atoms with Gasteiger partial charge in [0, 0.05) is 6.54 Å². The second-order valence-electron chi connectivity index (χ2n) is 5.21. The second kappa shape index (κ2) is 5.95. The van der Waals surface area contributed by atoms with Gasteiger partial charge in [-0.2, -0.15) is 0 Å². The highest BCUT2D eigenvalue weighted by Gasteiger charge is 2.18. The predicted molar refractivity (Wildman–Crippen MR) is 72.6 cm³/mol. The quantitative estimate of drug-likeness (QED) is 0.850. The van der Waals surface area contributed by atoms with Crippen LogP contribution in [0.2, 0.25) is 0 Å². The molecule has 1 aromatic carbocycles. The molecular weight excluding hydrogens is 210 g/mol. The van der Waals surface area contributed by atoms with Crippen LogP contribution in [0, 0.1) is 11.8 Å². The van der Waals surface area contributed by atoms with Crippen LogP contribution >= 0.6 is 0 Å². The second-order valence-corrected chi connectivity index (χ2v) is 5.21. The Morgan fingerprint density at radius 2 is 1.88 bits per heavy atom. The van der Waals surface area contributed by atoms with E-state index in [9.17, 15) is 0 Å². The Balaban J connectivity index is 1.85. The van der Waals surface area contributed by atoms with Crippen molar-refractivity contribution in [1.82, 2.24) is 0 Å². The van der Waals surface area contributed by atoms with Gasteiger partial charge in [0.15, 0.2) is 0 Å². The first-order valence-electron chi connectivity index (χ1n) is 6.66. The maximum Gasteiger partial charge on any atom is 0.141 e. The highest BCUT2D eigenvalue weighted by Crippen LogP contribution is 2.29. The Morgan fingerprint density at radius 3 is 2.59 bits per heavy atom. The van der Waals surface area contributed by atoms with Crippen molar-refractivity contribution in [3.05, 3.63) is 24.3 Å². The fourth-order valence-electron chi connectivity index (χ4n) is 2.58. The fraction of sp³-hybridized carbons (Fsp3) is 0.600. The van der Waals surface area contributed by atoms with Crippen LogP contribution in [0.4, 0.5) is 5.69 Å². The SMILES string of the molecule is COc1ccccc1NCC1CCC(C)CC1. The molecule has 94 valence electrons. The molecule has 0 aliphatic heterocycles. The van der Waals surface area contributed by atoms with Crippen molar-refractivity contribution < 1.29 is 4.74 Å². The van der Waals surface area contributed by atoms with Crippen LogP contribution < -0.4 is 10.1 Å². The van der Waals surface area contributed by atoms with Crippen molar-refractivity contribution in [2.24, 2.45) is 11.8 Å². The zero-order valence-electron chi connectivity index (χ0n) is 10.9. The number of methoxy groups -OCH3 is 1. The maximum atomic E-state index is 5.34. The summed E-state index contributed by atoms with van der Waals surface area (Å²) < 4.78 is 5.34. The number of nitrogens with one attached hydrogen (secondary N) is 1. The molecule has 0 bridgehead atoms. The van der Waals surface area contributed by atoms with Crippen LogP contribution in [0.3, 0.4) is 0 Å². The zero-order chi connectivity index (χ0) is 12.1. The molecule has 17 heavy (non-hydrogen) atoms. The minimum atomic E-state index is 0.830. The Bertz CT molecular complexity index is 343. The number of rotatable bonds is 4. The smallest absolute Gasteiger partial charge is 0.141 e. The highest BCUT2D eigenvalue weighted by atomic mass is 16.5. The van der Waals surface area contributed by atoms with Gasteiger partial charge in [0.25, 0.3) is 0 Å². The lowest BCUT2D eigenvalue weighted by molar-refractivity contribution is 0.300. The van der Waals surface area contributed by atoms with E-state index in [4.69, 9.17) is 4.74 Å². The maximum absolute atomic E-state index is 5.34. The van der Waals surface area contributed by atoms with Gasteiger partial charge in [0.1, 0.15) is 5.75 Å². The van der Waals surface area contributed by atoms with E-state index in [1.54, 1.807) is 7.11 Å². The third kappa shape index (κ3) is 3.39. The topological polar surface area (TPSA) is 21.3 Å². The number of para-hydroxylation sites is 2. The lowest BCUT2D eigenvalue weighted by Gasteiger charge is -2.26. The van der Waals surface area contributed by atoms with Gasteiger partial charge in [-0.1, -0.05) is 31.9 Å². The normalized spacial score (nSPS) is 24.4. The summed E-state index contributed by atoms with van der Waals surface area (Å²) in [5.74, 6) is 2.70. The molecule has 1 N–H and O–H groups in total. The van der Waals surface area contributed by atoms with E-state index in [2.05, 4.69) is 18.3 Å². The van der Waals surface area contributed by atoms with Crippen LogP contribution in [-0.4, -0.2) is 13.7 Å². The number of hydrogen-bond donors (Lipinski definition) is 1. The lowest BCUT2D eigenvalue weighted by atomic mass is 9.83. The van der Waals surface area contributed by atoms with Gasteiger partial charge in [0.05, 0.1) is 12.8 Å². The Labute approximate surface area is 104 Å². The molecule has 2 nitrogen and oxygen atoms in total. The predicted octanol–water partition coefficient (Wildman–Crippen LogP) is 3.93. The van der Waals surface area contributed by atoms with E-state index in [-0.39, 0.29) is 0 Å². The molecule has 0 unspecified atom stereocenters. The van der Waals surface area contributed by atoms with Gasteiger partial charge in [-0.05, 0) is 36.8 Å². The molecule has 1 fully saturated rings. The average Bonchev–Trinajstić information content (AvgIpc) is 2.38. The third-order valence-electron chi connectivity index (χ3n) is 3.82. The molecule has 2 heteroatoms. The molecule has 1 aromatic rings. The van der Waals surface area contributed by atoms with Crippen LogP contribution in [-0.2, 0) is 0 Å². The van der Waals surface area contributed by atoms with Crippen molar-refractivity contribution in [2.75, 3.05) is 19.0 Å². The molecule has 2 rings (SSSR count). The van der Waals surface area contributed by atoms with Gasteiger partial charge in [-0.3, -0.25) is 0 Å². The van der Waals surface area contributed by atoms with Crippen molar-refractivity contribution >= 4 is 5.69 Å². The molecule has 0 aromatic heterocycles. The number of ether oxygens (including phenoxy) is 1. The molecule has 0 spiro atoms. The summed E-state index contributed by atoms with van der Waals surface area (Å²) in [6.45, 7) is 3.44. The van der Waals surface area contributed by atoms with Gasteiger partial charge in [-0.25, -0.2) is 0 Å².